The zero-order valence-electron chi connectivity index (χ0n) is 11.6. The van der Waals surface area contributed by atoms with Gasteiger partial charge in [0.1, 0.15) is 11.4 Å². The largest absolute Gasteiger partial charge is 0.381 e. The van der Waals surface area contributed by atoms with Crippen molar-refractivity contribution >= 4 is 11.8 Å². The van der Waals surface area contributed by atoms with E-state index in [1.165, 1.54) is 6.33 Å². The van der Waals surface area contributed by atoms with Crippen molar-refractivity contribution < 1.29 is 9.13 Å². The summed E-state index contributed by atoms with van der Waals surface area (Å²) < 4.78 is 21.3. The highest BCUT2D eigenvalue weighted by Gasteiger charge is 2.22. The number of rotatable bonds is 4. The van der Waals surface area contributed by atoms with Gasteiger partial charge in [0.15, 0.2) is 5.82 Å². The van der Waals surface area contributed by atoms with E-state index in [0.717, 1.165) is 24.6 Å². The Bertz CT molecular complexity index is 616. The molecule has 3 heterocycles. The lowest BCUT2D eigenvalue weighted by Gasteiger charge is -2.22. The molecule has 1 aliphatic rings. The quantitative estimate of drug-likeness (QED) is 0.795. The van der Waals surface area contributed by atoms with Crippen LogP contribution in [0, 0.1) is 5.82 Å². The van der Waals surface area contributed by atoms with Gasteiger partial charge >= 0.3 is 0 Å². The van der Waals surface area contributed by atoms with E-state index in [9.17, 15) is 4.39 Å². The summed E-state index contributed by atoms with van der Waals surface area (Å²) in [5.41, 5.74) is 0.401. The summed E-state index contributed by atoms with van der Waals surface area (Å²) >= 11 is 1.13. The van der Waals surface area contributed by atoms with E-state index < -0.39 is 5.82 Å². The van der Waals surface area contributed by atoms with Crippen molar-refractivity contribution in [2.45, 2.75) is 42.4 Å². The summed E-state index contributed by atoms with van der Waals surface area (Å²) in [6.45, 7) is 3.24. The molecule has 0 N–H and O–H groups in total. The van der Waals surface area contributed by atoms with Crippen LogP contribution >= 0.6 is 11.8 Å². The summed E-state index contributed by atoms with van der Waals surface area (Å²) in [7, 11) is 0. The van der Waals surface area contributed by atoms with Crippen molar-refractivity contribution in [3.63, 3.8) is 0 Å². The SMILES string of the molecule is CCc1ncnc(Sc2nnnn2C2CCOCC2)c1F. The van der Waals surface area contributed by atoms with Gasteiger partial charge in [-0.1, -0.05) is 6.92 Å². The molecule has 0 aromatic carbocycles. The van der Waals surface area contributed by atoms with Crippen LogP contribution in [0.4, 0.5) is 4.39 Å². The lowest BCUT2D eigenvalue weighted by Crippen LogP contribution is -2.21. The minimum Gasteiger partial charge on any atom is -0.381 e. The van der Waals surface area contributed by atoms with Gasteiger partial charge in [0.05, 0.1) is 11.7 Å². The predicted molar refractivity (Wildman–Crippen MR) is 72.4 cm³/mol. The van der Waals surface area contributed by atoms with Gasteiger partial charge < -0.3 is 4.74 Å². The Balaban J connectivity index is 1.84. The Morgan fingerprint density at radius 1 is 1.38 bits per heavy atom. The monoisotopic (exact) mass is 310 g/mol. The minimum absolute atomic E-state index is 0.187. The van der Waals surface area contributed by atoms with Crippen LogP contribution < -0.4 is 0 Å². The first-order valence-corrected chi connectivity index (χ1v) is 7.64. The highest BCUT2D eigenvalue weighted by molar-refractivity contribution is 7.99. The third-order valence-electron chi connectivity index (χ3n) is 3.35. The summed E-state index contributed by atoms with van der Waals surface area (Å²) in [4.78, 5) is 7.92. The van der Waals surface area contributed by atoms with Gasteiger partial charge in [-0.05, 0) is 41.5 Å². The standard InChI is InChI=1S/C12H15FN6OS/c1-2-9-10(13)11(15-7-14-9)21-12-16-17-18-19(12)8-3-5-20-6-4-8/h7-8H,2-6H2,1H3. The van der Waals surface area contributed by atoms with Gasteiger partial charge in [-0.25, -0.2) is 19.0 Å². The Morgan fingerprint density at radius 2 is 2.19 bits per heavy atom. The zero-order chi connectivity index (χ0) is 14.7. The molecule has 0 unspecified atom stereocenters. The molecule has 2 aromatic heterocycles. The van der Waals surface area contributed by atoms with Crippen LogP contribution in [0.15, 0.2) is 16.5 Å². The second kappa shape index (κ2) is 6.44. The molecule has 0 aliphatic carbocycles. The Morgan fingerprint density at radius 3 is 2.95 bits per heavy atom. The van der Waals surface area contributed by atoms with Crippen molar-refractivity contribution in [2.24, 2.45) is 0 Å². The Hall–Kier alpha value is -1.61. The molecule has 2 aromatic rings. The van der Waals surface area contributed by atoms with Gasteiger partial charge in [-0.2, -0.15) is 0 Å². The fourth-order valence-corrected chi connectivity index (χ4v) is 3.04. The van der Waals surface area contributed by atoms with Gasteiger partial charge in [-0.3, -0.25) is 0 Å². The molecule has 1 fully saturated rings. The van der Waals surface area contributed by atoms with Crippen LogP contribution in [0.2, 0.25) is 0 Å². The van der Waals surface area contributed by atoms with E-state index in [2.05, 4.69) is 25.5 Å². The number of aryl methyl sites for hydroxylation is 1. The summed E-state index contributed by atoms with van der Waals surface area (Å²) in [6.07, 6.45) is 3.59. The molecule has 0 atom stereocenters. The smallest absolute Gasteiger partial charge is 0.215 e. The number of halogens is 1. The number of tetrazole rings is 1. The number of hydrogen-bond donors (Lipinski definition) is 0. The second-order valence-corrected chi connectivity index (χ2v) is 5.60. The van der Waals surface area contributed by atoms with E-state index in [1.54, 1.807) is 4.68 Å². The van der Waals surface area contributed by atoms with Gasteiger partial charge in [-0.15, -0.1) is 5.10 Å². The Kier molecular flexibility index (Phi) is 4.39. The molecular formula is C12H15FN6OS. The molecule has 0 amide bonds. The summed E-state index contributed by atoms with van der Waals surface area (Å²) in [5.74, 6) is -0.397. The molecule has 21 heavy (non-hydrogen) atoms. The highest BCUT2D eigenvalue weighted by atomic mass is 32.2. The van der Waals surface area contributed by atoms with E-state index in [1.807, 2.05) is 6.92 Å². The topological polar surface area (TPSA) is 78.6 Å². The number of nitrogens with zero attached hydrogens (tertiary/aromatic N) is 6. The molecule has 0 spiro atoms. The molecule has 3 rings (SSSR count). The zero-order valence-corrected chi connectivity index (χ0v) is 12.4. The van der Waals surface area contributed by atoms with Gasteiger partial charge in [0, 0.05) is 13.2 Å². The molecule has 7 nitrogen and oxygen atoms in total. The van der Waals surface area contributed by atoms with Crippen LogP contribution in [-0.2, 0) is 11.2 Å². The number of aromatic nitrogens is 6. The lowest BCUT2D eigenvalue weighted by atomic mass is 10.1. The van der Waals surface area contributed by atoms with E-state index in [-0.39, 0.29) is 11.1 Å². The molecule has 9 heteroatoms. The maximum atomic E-state index is 14.2. The molecule has 1 saturated heterocycles. The van der Waals surface area contributed by atoms with Crippen LogP contribution in [0.1, 0.15) is 31.5 Å². The van der Waals surface area contributed by atoms with Crippen molar-refractivity contribution in [1.29, 1.82) is 0 Å². The van der Waals surface area contributed by atoms with Crippen LogP contribution in [-0.4, -0.2) is 43.4 Å². The lowest BCUT2D eigenvalue weighted by molar-refractivity contribution is 0.0631. The molecule has 112 valence electrons. The number of ether oxygens (including phenoxy) is 1. The Labute approximate surface area is 125 Å². The van der Waals surface area contributed by atoms with Crippen molar-refractivity contribution in [2.75, 3.05) is 13.2 Å². The molecule has 0 saturated carbocycles. The maximum absolute atomic E-state index is 14.2. The summed E-state index contributed by atoms with van der Waals surface area (Å²) in [5, 5.41) is 12.5. The summed E-state index contributed by atoms with van der Waals surface area (Å²) in [6, 6.07) is 0.187. The van der Waals surface area contributed by atoms with Crippen molar-refractivity contribution in [3.8, 4) is 0 Å². The maximum Gasteiger partial charge on any atom is 0.215 e. The third kappa shape index (κ3) is 3.03. The molecule has 1 aliphatic heterocycles. The number of hydrogen-bond acceptors (Lipinski definition) is 7. The fraction of sp³-hybridized carbons (Fsp3) is 0.583. The van der Waals surface area contributed by atoms with Crippen LogP contribution in [0.3, 0.4) is 0 Å². The van der Waals surface area contributed by atoms with E-state index in [0.29, 0.717) is 30.5 Å². The van der Waals surface area contributed by atoms with Crippen LogP contribution in [0.5, 0.6) is 0 Å². The minimum atomic E-state index is -0.397. The first kappa shape index (κ1) is 14.3. The normalized spacial score (nSPS) is 16.3. The van der Waals surface area contributed by atoms with E-state index in [4.69, 9.17) is 4.74 Å². The van der Waals surface area contributed by atoms with Gasteiger partial charge in [0.25, 0.3) is 0 Å². The predicted octanol–water partition coefficient (Wildman–Crippen LogP) is 1.67. The average Bonchev–Trinajstić information content (AvgIpc) is 2.98. The molecular weight excluding hydrogens is 295 g/mol. The van der Waals surface area contributed by atoms with E-state index >= 15 is 0 Å². The van der Waals surface area contributed by atoms with Gasteiger partial charge in [0.2, 0.25) is 5.16 Å². The van der Waals surface area contributed by atoms with Crippen molar-refractivity contribution in [1.82, 2.24) is 30.2 Å². The van der Waals surface area contributed by atoms with Crippen LogP contribution in [0.25, 0.3) is 0 Å². The molecule has 0 radical (unpaired) electrons. The third-order valence-corrected chi connectivity index (χ3v) is 4.28. The second-order valence-electron chi connectivity index (χ2n) is 4.64. The average molecular weight is 310 g/mol. The highest BCUT2D eigenvalue weighted by Crippen LogP contribution is 2.30. The first-order valence-electron chi connectivity index (χ1n) is 6.82. The molecule has 0 bridgehead atoms. The first-order chi connectivity index (χ1) is 10.3. The van der Waals surface area contributed by atoms with Crippen molar-refractivity contribution in [3.05, 3.63) is 17.8 Å². The fourth-order valence-electron chi connectivity index (χ4n) is 2.20.